The van der Waals surface area contributed by atoms with E-state index in [4.69, 9.17) is 0 Å². The molecule has 1 heterocycles. The molecular formula is C14H22F3N3O. The number of nitrogens with one attached hydrogen (secondary N) is 1. The molecular weight excluding hydrogens is 283 g/mol. The molecule has 7 heteroatoms. The van der Waals surface area contributed by atoms with Crippen LogP contribution in [0.1, 0.15) is 36.2 Å². The standard InChI is InChI=1S/C14H22F3N3O/c1-10-13(8-18-12-4-5-12)11(2)20(19-10)6-3-7-21-9-14(15,16)17/h12,18H,3-9H2,1-2H3. The Bertz CT molecular complexity index is 467. The minimum Gasteiger partial charge on any atom is -0.372 e. The van der Waals surface area contributed by atoms with E-state index in [1.54, 1.807) is 0 Å². The van der Waals surface area contributed by atoms with Gasteiger partial charge in [0, 0.05) is 37.0 Å². The average Bonchev–Trinajstić information content (AvgIpc) is 3.15. The first kappa shape index (κ1) is 16.3. The molecule has 0 atom stereocenters. The molecule has 4 nitrogen and oxygen atoms in total. The maximum Gasteiger partial charge on any atom is 0.411 e. The minimum absolute atomic E-state index is 0.0908. The van der Waals surface area contributed by atoms with Crippen LogP contribution in [0.4, 0.5) is 13.2 Å². The van der Waals surface area contributed by atoms with Crippen LogP contribution >= 0.6 is 0 Å². The van der Waals surface area contributed by atoms with Gasteiger partial charge in [0.05, 0.1) is 5.69 Å². The fraction of sp³-hybridized carbons (Fsp3) is 0.786. The van der Waals surface area contributed by atoms with Gasteiger partial charge >= 0.3 is 6.18 Å². The summed E-state index contributed by atoms with van der Waals surface area (Å²) >= 11 is 0. The van der Waals surface area contributed by atoms with Crippen molar-refractivity contribution in [1.82, 2.24) is 15.1 Å². The highest BCUT2D eigenvalue weighted by atomic mass is 19.4. The van der Waals surface area contributed by atoms with Gasteiger partial charge in [-0.15, -0.1) is 0 Å². The van der Waals surface area contributed by atoms with Crippen molar-refractivity contribution in [3.8, 4) is 0 Å². The molecule has 2 rings (SSSR count). The Morgan fingerprint density at radius 2 is 2.05 bits per heavy atom. The Kier molecular flexibility index (Phi) is 5.27. The Hall–Kier alpha value is -1.08. The first-order valence-electron chi connectivity index (χ1n) is 7.27. The zero-order valence-electron chi connectivity index (χ0n) is 12.5. The van der Waals surface area contributed by atoms with E-state index in [-0.39, 0.29) is 6.61 Å². The van der Waals surface area contributed by atoms with Crippen LogP contribution in [0.2, 0.25) is 0 Å². The number of rotatable bonds is 8. The molecule has 1 aromatic rings. The lowest BCUT2D eigenvalue weighted by Gasteiger charge is -2.08. The van der Waals surface area contributed by atoms with E-state index < -0.39 is 12.8 Å². The number of aromatic nitrogens is 2. The summed E-state index contributed by atoms with van der Waals surface area (Å²) in [5, 5.41) is 7.91. The van der Waals surface area contributed by atoms with Gasteiger partial charge in [-0.05, 0) is 33.1 Å². The Labute approximate surface area is 122 Å². The van der Waals surface area contributed by atoms with Gasteiger partial charge in [-0.2, -0.15) is 18.3 Å². The molecule has 1 fully saturated rings. The topological polar surface area (TPSA) is 39.1 Å². The molecule has 0 aliphatic heterocycles. The van der Waals surface area contributed by atoms with E-state index in [0.29, 0.717) is 19.0 Å². The van der Waals surface area contributed by atoms with Crippen molar-refractivity contribution >= 4 is 0 Å². The lowest BCUT2D eigenvalue weighted by Crippen LogP contribution is -2.18. The quantitative estimate of drug-likeness (QED) is 0.751. The SMILES string of the molecule is Cc1nn(CCCOCC(F)(F)F)c(C)c1CNC1CC1. The van der Waals surface area contributed by atoms with Gasteiger partial charge < -0.3 is 10.1 Å². The van der Waals surface area contributed by atoms with Crippen molar-refractivity contribution in [1.29, 1.82) is 0 Å². The number of aryl methyl sites for hydroxylation is 2. The van der Waals surface area contributed by atoms with Crippen molar-refractivity contribution in [3.63, 3.8) is 0 Å². The predicted octanol–water partition coefficient (Wildman–Crippen LogP) is 2.72. The summed E-state index contributed by atoms with van der Waals surface area (Å²) in [6.45, 7) is 4.27. The van der Waals surface area contributed by atoms with E-state index in [1.165, 1.54) is 18.4 Å². The van der Waals surface area contributed by atoms with Gasteiger partial charge in [-0.1, -0.05) is 0 Å². The second-order valence-electron chi connectivity index (χ2n) is 5.55. The summed E-state index contributed by atoms with van der Waals surface area (Å²) < 4.78 is 42.3. The average molecular weight is 305 g/mol. The highest BCUT2D eigenvalue weighted by molar-refractivity contribution is 5.24. The summed E-state index contributed by atoms with van der Waals surface area (Å²) in [5.74, 6) is 0. The second-order valence-corrected chi connectivity index (χ2v) is 5.55. The number of halogens is 3. The van der Waals surface area contributed by atoms with E-state index in [9.17, 15) is 13.2 Å². The van der Waals surface area contributed by atoms with Crippen molar-refractivity contribution in [3.05, 3.63) is 17.0 Å². The molecule has 0 amide bonds. The zero-order valence-corrected chi connectivity index (χ0v) is 12.5. The molecule has 1 saturated carbocycles. The van der Waals surface area contributed by atoms with Crippen LogP contribution in [0.15, 0.2) is 0 Å². The zero-order chi connectivity index (χ0) is 15.5. The lowest BCUT2D eigenvalue weighted by atomic mass is 10.2. The van der Waals surface area contributed by atoms with Crippen LogP contribution in [0, 0.1) is 13.8 Å². The highest BCUT2D eigenvalue weighted by Crippen LogP contribution is 2.21. The largest absolute Gasteiger partial charge is 0.411 e. The van der Waals surface area contributed by atoms with Crippen LogP contribution in [0.25, 0.3) is 0 Å². The molecule has 0 bridgehead atoms. The van der Waals surface area contributed by atoms with Crippen molar-refractivity contribution < 1.29 is 17.9 Å². The van der Waals surface area contributed by atoms with Gasteiger partial charge in [0.25, 0.3) is 0 Å². The Balaban J connectivity index is 1.76. The fourth-order valence-corrected chi connectivity index (χ4v) is 2.25. The fourth-order valence-electron chi connectivity index (χ4n) is 2.25. The lowest BCUT2D eigenvalue weighted by molar-refractivity contribution is -0.174. The Morgan fingerprint density at radius 3 is 2.67 bits per heavy atom. The smallest absolute Gasteiger partial charge is 0.372 e. The van der Waals surface area contributed by atoms with Crippen LogP contribution in [0.5, 0.6) is 0 Å². The molecule has 1 aliphatic carbocycles. The summed E-state index contributed by atoms with van der Waals surface area (Å²) in [6.07, 6.45) is -1.25. The van der Waals surface area contributed by atoms with Crippen LogP contribution in [-0.2, 0) is 17.8 Å². The predicted molar refractivity (Wildman–Crippen MR) is 73.1 cm³/mol. The van der Waals surface area contributed by atoms with Crippen LogP contribution in [0.3, 0.4) is 0 Å². The third kappa shape index (κ3) is 5.32. The molecule has 0 unspecified atom stereocenters. The van der Waals surface area contributed by atoms with Crippen LogP contribution < -0.4 is 5.32 Å². The van der Waals surface area contributed by atoms with Crippen LogP contribution in [-0.4, -0.2) is 35.2 Å². The maximum absolute atomic E-state index is 11.9. The number of alkyl halides is 3. The third-order valence-electron chi connectivity index (χ3n) is 3.60. The highest BCUT2D eigenvalue weighted by Gasteiger charge is 2.27. The normalized spacial score (nSPS) is 15.7. The molecule has 0 saturated heterocycles. The van der Waals surface area contributed by atoms with E-state index in [1.807, 2.05) is 18.5 Å². The molecule has 0 radical (unpaired) electrons. The van der Waals surface area contributed by atoms with E-state index in [0.717, 1.165) is 17.9 Å². The molecule has 0 spiro atoms. The third-order valence-corrected chi connectivity index (χ3v) is 3.60. The Morgan fingerprint density at radius 1 is 1.33 bits per heavy atom. The first-order chi connectivity index (χ1) is 9.87. The molecule has 120 valence electrons. The minimum atomic E-state index is -4.25. The first-order valence-corrected chi connectivity index (χ1v) is 7.27. The van der Waals surface area contributed by atoms with E-state index >= 15 is 0 Å². The van der Waals surface area contributed by atoms with Crippen molar-refractivity contribution in [2.45, 2.75) is 58.4 Å². The van der Waals surface area contributed by atoms with Gasteiger partial charge in [0.15, 0.2) is 0 Å². The van der Waals surface area contributed by atoms with Gasteiger partial charge in [-0.3, -0.25) is 4.68 Å². The molecule has 21 heavy (non-hydrogen) atoms. The number of ether oxygens (including phenoxy) is 1. The summed E-state index contributed by atoms with van der Waals surface area (Å²) in [7, 11) is 0. The summed E-state index contributed by atoms with van der Waals surface area (Å²) in [6, 6.07) is 0.642. The maximum atomic E-state index is 11.9. The van der Waals surface area contributed by atoms with E-state index in [2.05, 4.69) is 15.2 Å². The monoisotopic (exact) mass is 305 g/mol. The molecule has 1 N–H and O–H groups in total. The molecule has 1 aromatic heterocycles. The molecule has 0 aromatic carbocycles. The van der Waals surface area contributed by atoms with Gasteiger partial charge in [0.2, 0.25) is 0 Å². The second kappa shape index (κ2) is 6.79. The number of hydrogen-bond acceptors (Lipinski definition) is 3. The van der Waals surface area contributed by atoms with Gasteiger partial charge in [-0.25, -0.2) is 0 Å². The van der Waals surface area contributed by atoms with Crippen molar-refractivity contribution in [2.75, 3.05) is 13.2 Å². The van der Waals surface area contributed by atoms with Gasteiger partial charge in [0.1, 0.15) is 6.61 Å². The molecule has 1 aliphatic rings. The number of nitrogens with zero attached hydrogens (tertiary/aromatic N) is 2. The summed E-state index contributed by atoms with van der Waals surface area (Å²) in [5.41, 5.74) is 3.26. The summed E-state index contributed by atoms with van der Waals surface area (Å²) in [4.78, 5) is 0. The number of hydrogen-bond donors (Lipinski definition) is 1. The van der Waals surface area contributed by atoms with Crippen molar-refractivity contribution in [2.24, 2.45) is 0 Å².